The minimum absolute atomic E-state index is 0.229. The number of amides is 1. The Hall–Kier alpha value is -1.13. The Labute approximate surface area is 107 Å². The summed E-state index contributed by atoms with van der Waals surface area (Å²) < 4.78 is 0. The Kier molecular flexibility index (Phi) is 4.90. The lowest BCUT2D eigenvalue weighted by Gasteiger charge is -2.14. The van der Waals surface area contributed by atoms with E-state index in [-0.39, 0.29) is 11.1 Å². The molecule has 0 fully saturated rings. The Bertz CT molecular complexity index is 407. The summed E-state index contributed by atoms with van der Waals surface area (Å²) in [5.41, 5.74) is 7.22. The zero-order chi connectivity index (χ0) is 13.0. The van der Waals surface area contributed by atoms with Gasteiger partial charge in [0.25, 0.3) is 0 Å². The lowest BCUT2D eigenvalue weighted by molar-refractivity contribution is -0.117. The number of nitrogens with one attached hydrogen (secondary N) is 1. The molecule has 94 valence electrons. The van der Waals surface area contributed by atoms with Gasteiger partial charge < -0.3 is 11.1 Å². The summed E-state index contributed by atoms with van der Waals surface area (Å²) in [6.45, 7) is 5.93. The Morgan fingerprint density at radius 1 is 1.59 bits per heavy atom. The second kappa shape index (κ2) is 5.98. The number of carbonyl (C=O) groups is 1. The van der Waals surface area contributed by atoms with Crippen molar-refractivity contribution in [3.8, 4) is 0 Å². The summed E-state index contributed by atoms with van der Waals surface area (Å²) in [7, 11) is 0. The van der Waals surface area contributed by atoms with Crippen molar-refractivity contribution >= 4 is 23.2 Å². The van der Waals surface area contributed by atoms with Crippen LogP contribution in [0.25, 0.3) is 0 Å². The summed E-state index contributed by atoms with van der Waals surface area (Å²) in [6.07, 6.45) is 2.29. The highest BCUT2D eigenvalue weighted by atomic mass is 35.5. The van der Waals surface area contributed by atoms with Crippen LogP contribution in [0.4, 0.5) is 5.69 Å². The second-order valence-electron chi connectivity index (χ2n) is 4.58. The maximum Gasteiger partial charge on any atom is 0.241 e. The first-order valence-corrected chi connectivity index (χ1v) is 5.96. The quantitative estimate of drug-likeness (QED) is 0.812. The first-order chi connectivity index (χ1) is 7.90. The van der Waals surface area contributed by atoms with E-state index in [9.17, 15) is 4.79 Å². The molecule has 0 spiro atoms. The van der Waals surface area contributed by atoms with Gasteiger partial charge in [-0.3, -0.25) is 4.79 Å². The van der Waals surface area contributed by atoms with Crippen LogP contribution in [0.15, 0.2) is 12.3 Å². The van der Waals surface area contributed by atoms with Crippen molar-refractivity contribution in [1.82, 2.24) is 4.98 Å². The van der Waals surface area contributed by atoms with Gasteiger partial charge in [0.2, 0.25) is 5.91 Å². The predicted octanol–water partition coefficient (Wildman–Crippen LogP) is 2.36. The third kappa shape index (κ3) is 4.32. The molecule has 17 heavy (non-hydrogen) atoms. The van der Waals surface area contributed by atoms with E-state index in [4.69, 9.17) is 17.3 Å². The molecule has 1 aromatic rings. The molecule has 0 radical (unpaired) electrons. The number of aryl methyl sites for hydroxylation is 1. The fourth-order valence-electron chi connectivity index (χ4n) is 1.48. The molecule has 0 bridgehead atoms. The van der Waals surface area contributed by atoms with Crippen molar-refractivity contribution < 1.29 is 4.79 Å². The number of nitrogens with two attached hydrogens (primary N) is 1. The van der Waals surface area contributed by atoms with Crippen molar-refractivity contribution in [1.29, 1.82) is 0 Å². The molecular weight excluding hydrogens is 238 g/mol. The van der Waals surface area contributed by atoms with E-state index < -0.39 is 6.04 Å². The number of hydrogen-bond donors (Lipinski definition) is 2. The SMILES string of the molecule is Cc1cnc(Cl)c(NC(=O)[C@@H](N)CC(C)C)c1. The fraction of sp³-hybridized carbons (Fsp3) is 0.500. The second-order valence-corrected chi connectivity index (χ2v) is 4.93. The van der Waals surface area contributed by atoms with Gasteiger partial charge in [-0.1, -0.05) is 25.4 Å². The molecule has 1 rings (SSSR count). The largest absolute Gasteiger partial charge is 0.322 e. The lowest BCUT2D eigenvalue weighted by Crippen LogP contribution is -2.36. The standard InChI is InChI=1S/C12H18ClN3O/c1-7(2)4-9(14)12(17)16-10-5-8(3)6-15-11(10)13/h5-7,9H,4,14H2,1-3H3,(H,16,17)/t9-/m0/s1. The average Bonchev–Trinajstić information content (AvgIpc) is 2.22. The van der Waals surface area contributed by atoms with Gasteiger partial charge in [-0.2, -0.15) is 0 Å². The van der Waals surface area contributed by atoms with Crippen LogP contribution in [-0.2, 0) is 4.79 Å². The molecule has 5 heteroatoms. The highest BCUT2D eigenvalue weighted by molar-refractivity contribution is 6.32. The van der Waals surface area contributed by atoms with Gasteiger partial charge in [0.1, 0.15) is 0 Å². The van der Waals surface area contributed by atoms with Gasteiger partial charge in [0.05, 0.1) is 11.7 Å². The molecule has 0 saturated carbocycles. The van der Waals surface area contributed by atoms with E-state index in [0.717, 1.165) is 5.56 Å². The predicted molar refractivity (Wildman–Crippen MR) is 70.0 cm³/mol. The number of nitrogens with zero attached hydrogens (tertiary/aromatic N) is 1. The summed E-state index contributed by atoms with van der Waals surface area (Å²) in [5, 5.41) is 2.98. The number of hydrogen-bond acceptors (Lipinski definition) is 3. The molecule has 0 saturated heterocycles. The van der Waals surface area contributed by atoms with Gasteiger partial charge in [-0.05, 0) is 30.9 Å². The fourth-order valence-corrected chi connectivity index (χ4v) is 1.63. The van der Waals surface area contributed by atoms with Crippen LogP contribution >= 0.6 is 11.6 Å². The topological polar surface area (TPSA) is 68.0 Å². The molecule has 0 unspecified atom stereocenters. The zero-order valence-electron chi connectivity index (χ0n) is 10.3. The van der Waals surface area contributed by atoms with E-state index in [1.807, 2.05) is 20.8 Å². The van der Waals surface area contributed by atoms with Crippen molar-refractivity contribution in [2.24, 2.45) is 11.7 Å². The molecule has 0 aliphatic carbocycles. The molecular formula is C12H18ClN3O. The Balaban J connectivity index is 2.70. The molecule has 1 aromatic heterocycles. The van der Waals surface area contributed by atoms with Gasteiger partial charge in [-0.15, -0.1) is 0 Å². The highest BCUT2D eigenvalue weighted by Gasteiger charge is 2.16. The van der Waals surface area contributed by atoms with Gasteiger partial charge >= 0.3 is 0 Å². The first kappa shape index (κ1) is 13.9. The average molecular weight is 256 g/mol. The van der Waals surface area contributed by atoms with Crippen LogP contribution in [0.1, 0.15) is 25.8 Å². The number of carbonyl (C=O) groups excluding carboxylic acids is 1. The number of pyridine rings is 1. The minimum Gasteiger partial charge on any atom is -0.322 e. The lowest BCUT2D eigenvalue weighted by atomic mass is 10.0. The van der Waals surface area contributed by atoms with Crippen LogP contribution in [-0.4, -0.2) is 16.9 Å². The van der Waals surface area contributed by atoms with Crippen molar-refractivity contribution in [3.05, 3.63) is 23.0 Å². The van der Waals surface area contributed by atoms with Crippen molar-refractivity contribution in [3.63, 3.8) is 0 Å². The minimum atomic E-state index is -0.522. The zero-order valence-corrected chi connectivity index (χ0v) is 11.1. The molecule has 3 N–H and O–H groups in total. The smallest absolute Gasteiger partial charge is 0.241 e. The third-order valence-corrected chi connectivity index (χ3v) is 2.60. The maximum absolute atomic E-state index is 11.8. The van der Waals surface area contributed by atoms with Crippen LogP contribution in [0.2, 0.25) is 5.15 Å². The van der Waals surface area contributed by atoms with Gasteiger partial charge in [0.15, 0.2) is 5.15 Å². The third-order valence-electron chi connectivity index (χ3n) is 2.30. The molecule has 1 amide bonds. The van der Waals surface area contributed by atoms with Crippen molar-refractivity contribution in [2.45, 2.75) is 33.2 Å². The van der Waals surface area contributed by atoms with E-state index in [2.05, 4.69) is 10.3 Å². The van der Waals surface area contributed by atoms with E-state index in [1.54, 1.807) is 12.3 Å². The van der Waals surface area contributed by atoms with E-state index >= 15 is 0 Å². The van der Waals surface area contributed by atoms with E-state index in [0.29, 0.717) is 18.0 Å². The Morgan fingerprint density at radius 3 is 2.82 bits per heavy atom. The van der Waals surface area contributed by atoms with Gasteiger partial charge in [-0.25, -0.2) is 4.98 Å². The van der Waals surface area contributed by atoms with Gasteiger partial charge in [0, 0.05) is 6.20 Å². The summed E-state index contributed by atoms with van der Waals surface area (Å²) in [5.74, 6) is 0.148. The van der Waals surface area contributed by atoms with Crippen LogP contribution in [0.5, 0.6) is 0 Å². The number of anilines is 1. The molecule has 0 aliphatic heterocycles. The summed E-state index contributed by atoms with van der Waals surface area (Å²) in [6, 6.07) is 1.25. The summed E-state index contributed by atoms with van der Waals surface area (Å²) >= 11 is 5.88. The number of rotatable bonds is 4. The highest BCUT2D eigenvalue weighted by Crippen LogP contribution is 2.20. The van der Waals surface area contributed by atoms with Crippen LogP contribution < -0.4 is 11.1 Å². The molecule has 1 heterocycles. The monoisotopic (exact) mass is 255 g/mol. The normalized spacial score (nSPS) is 12.6. The molecule has 0 aliphatic rings. The van der Waals surface area contributed by atoms with E-state index in [1.165, 1.54) is 0 Å². The molecule has 4 nitrogen and oxygen atoms in total. The van der Waals surface area contributed by atoms with Crippen LogP contribution in [0.3, 0.4) is 0 Å². The number of aromatic nitrogens is 1. The maximum atomic E-state index is 11.8. The van der Waals surface area contributed by atoms with Crippen LogP contribution in [0, 0.1) is 12.8 Å². The molecule has 0 aromatic carbocycles. The first-order valence-electron chi connectivity index (χ1n) is 5.58. The summed E-state index contributed by atoms with van der Waals surface area (Å²) in [4.78, 5) is 15.8. The Morgan fingerprint density at radius 2 is 2.24 bits per heavy atom. The number of halogens is 1. The van der Waals surface area contributed by atoms with Crippen molar-refractivity contribution in [2.75, 3.05) is 5.32 Å². The molecule has 1 atom stereocenters.